The lowest BCUT2D eigenvalue weighted by atomic mass is 10.00. The van der Waals surface area contributed by atoms with Crippen LogP contribution in [0.2, 0.25) is 0 Å². The number of aryl methyl sites for hydroxylation is 2. The Labute approximate surface area is 187 Å². The molecule has 0 saturated carbocycles. The van der Waals surface area contributed by atoms with E-state index in [0.717, 1.165) is 16.8 Å². The number of aromatic nitrogens is 2. The van der Waals surface area contributed by atoms with Gasteiger partial charge in [-0.1, -0.05) is 0 Å². The van der Waals surface area contributed by atoms with E-state index in [-0.39, 0.29) is 41.9 Å². The Morgan fingerprint density at radius 1 is 0.812 bits per heavy atom. The van der Waals surface area contributed by atoms with Crippen LogP contribution in [-0.4, -0.2) is 73.9 Å². The molecule has 12 heteroatoms. The number of rotatable bonds is 4. The molecule has 172 valence electrons. The van der Waals surface area contributed by atoms with Gasteiger partial charge in [0.05, 0.1) is 16.8 Å². The van der Waals surface area contributed by atoms with Gasteiger partial charge in [-0.2, -0.15) is 13.7 Å². The van der Waals surface area contributed by atoms with Crippen molar-refractivity contribution in [1.29, 1.82) is 0 Å². The van der Waals surface area contributed by atoms with Crippen molar-refractivity contribution in [3.8, 4) is 0 Å². The fourth-order valence-corrected chi connectivity index (χ4v) is 7.78. The summed E-state index contributed by atoms with van der Waals surface area (Å²) >= 11 is 0. The van der Waals surface area contributed by atoms with Crippen LogP contribution in [0.1, 0.15) is 24.0 Å². The molecule has 3 aliphatic rings. The van der Waals surface area contributed by atoms with Crippen LogP contribution in [0.25, 0.3) is 0 Å². The molecule has 1 aromatic heterocycles. The smallest absolute Gasteiger partial charge is 0.246 e. The van der Waals surface area contributed by atoms with Gasteiger partial charge in [0.1, 0.15) is 4.90 Å². The molecule has 1 saturated heterocycles. The van der Waals surface area contributed by atoms with Gasteiger partial charge in [0, 0.05) is 52.4 Å². The van der Waals surface area contributed by atoms with Crippen molar-refractivity contribution in [1.82, 2.24) is 18.4 Å². The molecule has 2 aromatic rings. The molecule has 1 fully saturated rings. The molecule has 0 radical (unpaired) electrons. The first-order chi connectivity index (χ1) is 15.2. The maximum atomic E-state index is 13.5. The average molecular weight is 480 g/mol. The van der Waals surface area contributed by atoms with Gasteiger partial charge >= 0.3 is 0 Å². The minimum atomic E-state index is -3.78. The topological polar surface area (TPSA) is 113 Å². The number of amides is 1. The van der Waals surface area contributed by atoms with E-state index in [2.05, 4.69) is 5.10 Å². The second-order valence-electron chi connectivity index (χ2n) is 8.40. The van der Waals surface area contributed by atoms with E-state index in [1.165, 1.54) is 25.7 Å². The van der Waals surface area contributed by atoms with Crippen LogP contribution < -0.4 is 4.90 Å². The number of carbonyl (C=O) groups excluding carboxylic acids is 1. The summed E-state index contributed by atoms with van der Waals surface area (Å²) in [5.41, 5.74) is 2.67. The number of sulfonamides is 2. The van der Waals surface area contributed by atoms with E-state index in [1.807, 2.05) is 0 Å². The maximum Gasteiger partial charge on any atom is 0.246 e. The Kier molecular flexibility index (Phi) is 5.15. The van der Waals surface area contributed by atoms with Crippen molar-refractivity contribution >= 4 is 31.6 Å². The van der Waals surface area contributed by atoms with Crippen molar-refractivity contribution in [3.63, 3.8) is 0 Å². The summed E-state index contributed by atoms with van der Waals surface area (Å²) in [5, 5.41) is 3.93. The zero-order chi connectivity index (χ0) is 22.7. The summed E-state index contributed by atoms with van der Waals surface area (Å²) in [7, 11) is -5.87. The number of carbonyl (C=O) groups is 1. The molecule has 0 aliphatic carbocycles. The van der Waals surface area contributed by atoms with Crippen LogP contribution in [-0.2, 0) is 44.7 Å². The van der Waals surface area contributed by atoms with E-state index >= 15 is 0 Å². The maximum absolute atomic E-state index is 13.5. The Balaban J connectivity index is 1.40. The van der Waals surface area contributed by atoms with Gasteiger partial charge in [-0.25, -0.2) is 16.8 Å². The number of benzene rings is 1. The summed E-state index contributed by atoms with van der Waals surface area (Å²) in [5.74, 6) is 0.0919. The molecule has 0 spiro atoms. The summed E-state index contributed by atoms with van der Waals surface area (Å²) in [6, 6.07) is 3.37. The first-order valence-corrected chi connectivity index (χ1v) is 13.5. The molecule has 1 amide bonds. The van der Waals surface area contributed by atoms with E-state index in [1.54, 1.807) is 24.1 Å². The quantitative estimate of drug-likeness (QED) is 0.625. The summed E-state index contributed by atoms with van der Waals surface area (Å²) in [4.78, 5) is 14.2. The predicted octanol–water partition coefficient (Wildman–Crippen LogP) is 0.341. The van der Waals surface area contributed by atoms with Crippen LogP contribution in [0.4, 0.5) is 5.69 Å². The summed E-state index contributed by atoms with van der Waals surface area (Å²) in [6.07, 6.45) is 4.73. The molecule has 0 unspecified atom stereocenters. The van der Waals surface area contributed by atoms with E-state index < -0.39 is 20.0 Å². The predicted molar refractivity (Wildman–Crippen MR) is 116 cm³/mol. The zero-order valence-corrected chi connectivity index (χ0v) is 19.4. The van der Waals surface area contributed by atoms with E-state index in [0.29, 0.717) is 32.2 Å². The third-order valence-corrected chi connectivity index (χ3v) is 10.1. The Hall–Kier alpha value is -2.28. The van der Waals surface area contributed by atoms with Gasteiger partial charge in [-0.05, 0) is 42.5 Å². The Morgan fingerprint density at radius 3 is 2.06 bits per heavy atom. The molecule has 32 heavy (non-hydrogen) atoms. The van der Waals surface area contributed by atoms with Crippen LogP contribution in [0.15, 0.2) is 34.3 Å². The second-order valence-corrected chi connectivity index (χ2v) is 12.3. The van der Waals surface area contributed by atoms with Gasteiger partial charge < -0.3 is 4.90 Å². The lowest BCUT2D eigenvalue weighted by molar-refractivity contribution is -0.118. The molecule has 4 heterocycles. The van der Waals surface area contributed by atoms with Crippen LogP contribution in [0, 0.1) is 0 Å². The fraction of sp³-hybridized carbons (Fsp3) is 0.500. The highest BCUT2D eigenvalue weighted by Gasteiger charge is 2.36. The molecular weight excluding hydrogens is 454 g/mol. The monoisotopic (exact) mass is 479 g/mol. The van der Waals surface area contributed by atoms with Crippen molar-refractivity contribution in [2.45, 2.75) is 35.5 Å². The highest BCUT2D eigenvalue weighted by Crippen LogP contribution is 2.39. The van der Waals surface area contributed by atoms with Crippen molar-refractivity contribution in [2.24, 2.45) is 7.05 Å². The van der Waals surface area contributed by atoms with Crippen LogP contribution >= 0.6 is 0 Å². The fourth-order valence-electron chi connectivity index (χ4n) is 4.76. The minimum Gasteiger partial charge on any atom is -0.312 e. The molecule has 0 N–H and O–H groups in total. The molecule has 1 aromatic carbocycles. The molecule has 0 atom stereocenters. The molecule has 3 aliphatic heterocycles. The largest absolute Gasteiger partial charge is 0.312 e. The van der Waals surface area contributed by atoms with Crippen molar-refractivity contribution in [3.05, 3.63) is 35.7 Å². The van der Waals surface area contributed by atoms with E-state index in [4.69, 9.17) is 0 Å². The SMILES string of the molecule is Cn1cc(S(=O)(=O)N2CCCN(S(=O)(=O)c3cc4c5c(c3)CCN5C(=O)CC4)CC2)cn1. The average Bonchev–Trinajstić information content (AvgIpc) is 3.30. The Morgan fingerprint density at radius 2 is 1.44 bits per heavy atom. The van der Waals surface area contributed by atoms with Crippen LogP contribution in [0.5, 0.6) is 0 Å². The number of nitrogens with zero attached hydrogens (tertiary/aromatic N) is 5. The van der Waals surface area contributed by atoms with Gasteiger partial charge in [-0.15, -0.1) is 0 Å². The highest BCUT2D eigenvalue weighted by molar-refractivity contribution is 7.89. The number of anilines is 1. The van der Waals surface area contributed by atoms with Gasteiger partial charge in [-0.3, -0.25) is 9.48 Å². The first-order valence-electron chi connectivity index (χ1n) is 10.6. The highest BCUT2D eigenvalue weighted by atomic mass is 32.2. The second kappa shape index (κ2) is 7.65. The van der Waals surface area contributed by atoms with Gasteiger partial charge in [0.25, 0.3) is 0 Å². The van der Waals surface area contributed by atoms with E-state index in [9.17, 15) is 21.6 Å². The third kappa shape index (κ3) is 3.45. The third-order valence-electron chi connectivity index (χ3n) is 6.40. The van der Waals surface area contributed by atoms with Crippen molar-refractivity contribution in [2.75, 3.05) is 37.6 Å². The first kappa shape index (κ1) is 21.6. The Bertz CT molecular complexity index is 1300. The lowest BCUT2D eigenvalue weighted by Gasteiger charge is -2.27. The molecule has 10 nitrogen and oxygen atoms in total. The number of hydrogen-bond donors (Lipinski definition) is 0. The van der Waals surface area contributed by atoms with Crippen molar-refractivity contribution < 1.29 is 21.6 Å². The summed E-state index contributed by atoms with van der Waals surface area (Å²) < 4.78 is 56.9. The number of hydrogen-bond acceptors (Lipinski definition) is 6. The van der Waals surface area contributed by atoms with Crippen LogP contribution in [0.3, 0.4) is 0 Å². The molecular formula is C20H25N5O5S2. The van der Waals surface area contributed by atoms with Gasteiger partial charge in [0.2, 0.25) is 26.0 Å². The minimum absolute atomic E-state index is 0.0799. The summed E-state index contributed by atoms with van der Waals surface area (Å²) in [6.45, 7) is 1.25. The normalized spacial score (nSPS) is 20.4. The lowest BCUT2D eigenvalue weighted by Crippen LogP contribution is -2.37. The van der Waals surface area contributed by atoms with Gasteiger partial charge in [0.15, 0.2) is 0 Å². The molecule has 0 bridgehead atoms. The zero-order valence-electron chi connectivity index (χ0n) is 17.8. The molecule has 5 rings (SSSR count). The standard InChI is InChI=1S/C20H25N5O5S2/c1-22-14-18(13-21-22)32(29,30)24-7-2-6-23(9-10-24)31(27,28)17-11-15-3-4-19(26)25-8-5-16(12-17)20(15)25/h11-14H,2-10H2,1H3.